The molecular weight excluding hydrogens is 372 g/mol. The van der Waals surface area contributed by atoms with Crippen molar-refractivity contribution < 1.29 is 27.5 Å². The number of rotatable bonds is 8. The Labute approximate surface area is 159 Å². The quantitative estimate of drug-likeness (QED) is 0.660. The number of hydrogen-bond acceptors (Lipinski definition) is 6. The van der Waals surface area contributed by atoms with E-state index in [0.717, 1.165) is 12.8 Å². The molecule has 1 aliphatic heterocycles. The first-order valence-electron chi connectivity index (χ1n) is 8.85. The lowest BCUT2D eigenvalue weighted by Crippen LogP contribution is -2.35. The minimum atomic E-state index is -3.71. The fraction of sp³-hybridized carbons (Fsp3) is 0.556. The number of carbonyl (C=O) groups is 2. The highest BCUT2D eigenvalue weighted by Gasteiger charge is 2.24. The Kier molecular flexibility index (Phi) is 7.34. The van der Waals surface area contributed by atoms with Gasteiger partial charge in [-0.15, -0.1) is 0 Å². The summed E-state index contributed by atoms with van der Waals surface area (Å²) in [6, 6.07) is 5.36. The number of sulfonamides is 1. The van der Waals surface area contributed by atoms with Crippen LogP contribution in [0.1, 0.15) is 37.0 Å². The molecule has 0 unspecified atom stereocenters. The van der Waals surface area contributed by atoms with Gasteiger partial charge in [0, 0.05) is 26.2 Å². The van der Waals surface area contributed by atoms with Crippen LogP contribution in [0.3, 0.4) is 0 Å². The SMILES string of the molecule is CC(C)N(C)S(=O)(=O)c1cccc(C(=O)OCC(=O)NC[C@H]2CCCO2)c1. The zero-order valence-corrected chi connectivity index (χ0v) is 16.6. The second-order valence-electron chi connectivity index (χ2n) is 6.66. The molecule has 1 N–H and O–H groups in total. The molecule has 0 bridgehead atoms. The Morgan fingerprint density at radius 2 is 2.11 bits per heavy atom. The van der Waals surface area contributed by atoms with Crippen molar-refractivity contribution in [2.24, 2.45) is 0 Å². The molecule has 1 aliphatic rings. The molecule has 1 aromatic carbocycles. The van der Waals surface area contributed by atoms with Crippen LogP contribution in [0.5, 0.6) is 0 Å². The van der Waals surface area contributed by atoms with Gasteiger partial charge in [0.2, 0.25) is 10.0 Å². The molecular formula is C18H26N2O6S. The summed E-state index contributed by atoms with van der Waals surface area (Å²) in [6.07, 6.45) is 1.87. The van der Waals surface area contributed by atoms with E-state index in [1.165, 1.54) is 35.6 Å². The van der Waals surface area contributed by atoms with Gasteiger partial charge in [0.05, 0.1) is 16.6 Å². The molecule has 1 fully saturated rings. The minimum absolute atomic E-state index is 0.00372. The maximum Gasteiger partial charge on any atom is 0.338 e. The van der Waals surface area contributed by atoms with Crippen LogP contribution in [0.2, 0.25) is 0 Å². The van der Waals surface area contributed by atoms with Crippen molar-refractivity contribution in [3.63, 3.8) is 0 Å². The van der Waals surface area contributed by atoms with Gasteiger partial charge >= 0.3 is 5.97 Å². The topological polar surface area (TPSA) is 102 Å². The number of benzene rings is 1. The van der Waals surface area contributed by atoms with Crippen molar-refractivity contribution in [2.75, 3.05) is 26.8 Å². The monoisotopic (exact) mass is 398 g/mol. The summed E-state index contributed by atoms with van der Waals surface area (Å²) in [5.41, 5.74) is 0.0696. The zero-order chi connectivity index (χ0) is 20.0. The lowest BCUT2D eigenvalue weighted by atomic mass is 10.2. The summed E-state index contributed by atoms with van der Waals surface area (Å²) in [6.45, 7) is 4.15. The number of hydrogen-bond donors (Lipinski definition) is 1. The van der Waals surface area contributed by atoms with Crippen molar-refractivity contribution in [3.8, 4) is 0 Å². The first-order valence-corrected chi connectivity index (χ1v) is 10.3. The largest absolute Gasteiger partial charge is 0.452 e. The highest BCUT2D eigenvalue weighted by Crippen LogP contribution is 2.18. The van der Waals surface area contributed by atoms with Gasteiger partial charge in [0.25, 0.3) is 5.91 Å². The van der Waals surface area contributed by atoms with Crippen molar-refractivity contribution in [1.82, 2.24) is 9.62 Å². The van der Waals surface area contributed by atoms with E-state index in [-0.39, 0.29) is 22.6 Å². The predicted octanol–water partition coefficient (Wildman–Crippen LogP) is 1.17. The molecule has 1 saturated heterocycles. The third kappa shape index (κ3) is 5.75. The van der Waals surface area contributed by atoms with Crippen LogP contribution in [-0.4, -0.2) is 63.6 Å². The Morgan fingerprint density at radius 3 is 2.74 bits per heavy atom. The van der Waals surface area contributed by atoms with Gasteiger partial charge in [-0.2, -0.15) is 4.31 Å². The van der Waals surface area contributed by atoms with E-state index in [1.54, 1.807) is 13.8 Å². The second kappa shape index (κ2) is 9.29. The number of amides is 1. The van der Waals surface area contributed by atoms with E-state index < -0.39 is 28.5 Å². The van der Waals surface area contributed by atoms with Crippen molar-refractivity contribution in [1.29, 1.82) is 0 Å². The Balaban J connectivity index is 1.93. The van der Waals surface area contributed by atoms with Crippen molar-refractivity contribution >= 4 is 21.9 Å². The molecule has 0 spiro atoms. The van der Waals surface area contributed by atoms with Gasteiger partial charge in [-0.1, -0.05) is 6.07 Å². The Bertz CT molecular complexity index is 772. The van der Waals surface area contributed by atoms with Gasteiger partial charge in [-0.05, 0) is 44.9 Å². The van der Waals surface area contributed by atoms with Gasteiger partial charge < -0.3 is 14.8 Å². The summed E-state index contributed by atoms with van der Waals surface area (Å²) in [4.78, 5) is 23.9. The molecule has 1 amide bonds. The summed E-state index contributed by atoms with van der Waals surface area (Å²) in [5.74, 6) is -1.19. The normalized spacial score (nSPS) is 17.3. The molecule has 8 nitrogen and oxygen atoms in total. The Hall–Kier alpha value is -1.97. The lowest BCUT2D eigenvalue weighted by molar-refractivity contribution is -0.124. The third-order valence-corrected chi connectivity index (χ3v) is 6.39. The molecule has 0 aliphatic carbocycles. The van der Waals surface area contributed by atoms with Crippen LogP contribution in [0.15, 0.2) is 29.2 Å². The van der Waals surface area contributed by atoms with Crippen molar-refractivity contribution in [2.45, 2.75) is 43.7 Å². The highest BCUT2D eigenvalue weighted by molar-refractivity contribution is 7.89. The molecule has 1 aromatic rings. The molecule has 0 aromatic heterocycles. The van der Waals surface area contributed by atoms with Gasteiger partial charge in [-0.25, -0.2) is 13.2 Å². The van der Waals surface area contributed by atoms with Gasteiger partial charge in [0.15, 0.2) is 6.61 Å². The molecule has 2 rings (SSSR count). The summed E-state index contributed by atoms with van der Waals surface area (Å²) >= 11 is 0. The fourth-order valence-corrected chi connectivity index (χ4v) is 3.94. The van der Waals surface area contributed by atoms with E-state index in [4.69, 9.17) is 9.47 Å². The number of carbonyl (C=O) groups excluding carboxylic acids is 2. The minimum Gasteiger partial charge on any atom is -0.452 e. The van der Waals surface area contributed by atoms with E-state index in [1.807, 2.05) is 0 Å². The number of ether oxygens (including phenoxy) is 2. The Morgan fingerprint density at radius 1 is 1.37 bits per heavy atom. The van der Waals surface area contributed by atoms with Crippen LogP contribution < -0.4 is 5.32 Å². The number of nitrogens with zero attached hydrogens (tertiary/aromatic N) is 1. The average Bonchev–Trinajstić information content (AvgIpc) is 3.17. The van der Waals surface area contributed by atoms with Gasteiger partial charge in [-0.3, -0.25) is 4.79 Å². The average molecular weight is 398 g/mol. The van der Waals surface area contributed by atoms with E-state index in [0.29, 0.717) is 13.2 Å². The highest BCUT2D eigenvalue weighted by atomic mass is 32.2. The van der Waals surface area contributed by atoms with Crippen LogP contribution >= 0.6 is 0 Å². The molecule has 1 heterocycles. The maximum absolute atomic E-state index is 12.5. The number of nitrogens with one attached hydrogen (secondary N) is 1. The molecule has 0 saturated carbocycles. The maximum atomic E-state index is 12.5. The first-order chi connectivity index (χ1) is 12.7. The summed E-state index contributed by atoms with van der Waals surface area (Å²) in [5, 5.41) is 2.65. The van der Waals surface area contributed by atoms with Crippen LogP contribution in [0, 0.1) is 0 Å². The summed E-state index contributed by atoms with van der Waals surface area (Å²) in [7, 11) is -2.24. The van der Waals surface area contributed by atoms with Crippen LogP contribution in [0.25, 0.3) is 0 Å². The fourth-order valence-electron chi connectivity index (χ4n) is 2.53. The smallest absolute Gasteiger partial charge is 0.338 e. The van der Waals surface area contributed by atoms with Crippen LogP contribution in [0.4, 0.5) is 0 Å². The zero-order valence-electron chi connectivity index (χ0n) is 15.8. The molecule has 0 radical (unpaired) electrons. The lowest BCUT2D eigenvalue weighted by Gasteiger charge is -2.21. The van der Waals surface area contributed by atoms with Crippen molar-refractivity contribution in [3.05, 3.63) is 29.8 Å². The first kappa shape index (κ1) is 21.3. The predicted molar refractivity (Wildman–Crippen MR) is 98.8 cm³/mol. The molecule has 1 atom stereocenters. The van der Waals surface area contributed by atoms with Gasteiger partial charge in [0.1, 0.15) is 0 Å². The third-order valence-electron chi connectivity index (χ3n) is 4.36. The summed E-state index contributed by atoms with van der Waals surface area (Å²) < 4.78 is 36.6. The number of esters is 1. The molecule has 27 heavy (non-hydrogen) atoms. The molecule has 150 valence electrons. The van der Waals surface area contributed by atoms with Crippen LogP contribution in [-0.2, 0) is 24.3 Å². The standard InChI is InChI=1S/C18H26N2O6S/c1-13(2)20(3)27(23,24)16-8-4-6-14(10-16)18(22)26-12-17(21)19-11-15-7-5-9-25-15/h4,6,8,10,13,15H,5,7,9,11-12H2,1-3H3,(H,19,21)/t15-/m1/s1. The molecule has 9 heteroatoms. The van der Waals surface area contributed by atoms with E-state index in [9.17, 15) is 18.0 Å². The van der Waals surface area contributed by atoms with E-state index in [2.05, 4.69) is 5.32 Å². The second-order valence-corrected chi connectivity index (χ2v) is 8.66. The van der Waals surface area contributed by atoms with E-state index >= 15 is 0 Å².